The summed E-state index contributed by atoms with van der Waals surface area (Å²) < 4.78 is 31.9. The summed E-state index contributed by atoms with van der Waals surface area (Å²) in [4.78, 5) is 14.6. The number of ether oxygens (including phenoxy) is 1. The first kappa shape index (κ1) is 22.1. The number of aryl methyl sites for hydroxylation is 1. The highest BCUT2D eigenvalue weighted by Gasteiger charge is 2.28. The van der Waals surface area contributed by atoms with Gasteiger partial charge in [-0.1, -0.05) is 12.1 Å². The van der Waals surface area contributed by atoms with Gasteiger partial charge in [0.25, 0.3) is 0 Å². The van der Waals surface area contributed by atoms with Gasteiger partial charge in [-0.2, -0.15) is 4.31 Å². The lowest BCUT2D eigenvalue weighted by Crippen LogP contribution is -2.40. The minimum Gasteiger partial charge on any atom is -0.379 e. The van der Waals surface area contributed by atoms with Gasteiger partial charge in [0.1, 0.15) is 0 Å². The molecule has 0 radical (unpaired) electrons. The normalized spacial score (nSPS) is 21.1. The van der Waals surface area contributed by atoms with Crippen LogP contribution < -0.4 is 5.73 Å². The molecule has 2 saturated heterocycles. The minimum absolute atomic E-state index is 0. The zero-order chi connectivity index (χ0) is 18.6. The Hall–Kier alpha value is -1.19. The van der Waals surface area contributed by atoms with E-state index in [1.165, 1.54) is 4.31 Å². The maximum atomic E-state index is 12.6. The summed E-state index contributed by atoms with van der Waals surface area (Å²) in [6.45, 7) is 2.93. The summed E-state index contributed by atoms with van der Waals surface area (Å²) in [6, 6.07) is 7.02. The molecule has 1 unspecified atom stereocenters. The summed E-state index contributed by atoms with van der Waals surface area (Å²) in [5.41, 5.74) is 6.69. The van der Waals surface area contributed by atoms with E-state index in [2.05, 4.69) is 0 Å². The molecular formula is C18H28ClN3O4S. The lowest BCUT2D eigenvalue weighted by atomic mass is 10.1. The molecule has 1 aromatic rings. The highest BCUT2D eigenvalue weighted by Crippen LogP contribution is 2.20. The van der Waals surface area contributed by atoms with Crippen LogP contribution in [0, 0.1) is 0 Å². The summed E-state index contributed by atoms with van der Waals surface area (Å²) in [6.07, 6.45) is 3.02. The van der Waals surface area contributed by atoms with E-state index < -0.39 is 10.0 Å². The molecule has 1 aromatic carbocycles. The molecule has 1 amide bonds. The first-order valence-electron chi connectivity index (χ1n) is 9.19. The number of nitrogens with zero attached hydrogens (tertiary/aromatic N) is 2. The van der Waals surface area contributed by atoms with Gasteiger partial charge in [0.15, 0.2) is 0 Å². The molecular weight excluding hydrogens is 390 g/mol. The van der Waals surface area contributed by atoms with Crippen LogP contribution in [0.1, 0.15) is 24.8 Å². The molecule has 9 heteroatoms. The van der Waals surface area contributed by atoms with E-state index in [1.54, 1.807) is 24.3 Å². The lowest BCUT2D eigenvalue weighted by Gasteiger charge is -2.26. The maximum absolute atomic E-state index is 12.6. The number of carbonyl (C=O) groups excluding carboxylic acids is 1. The molecule has 0 aliphatic carbocycles. The Morgan fingerprint density at radius 1 is 1.15 bits per heavy atom. The molecule has 2 heterocycles. The standard InChI is InChI=1S/C18H27N3O4S.ClH/c19-14-16-2-1-9-21(16)18(22)8-5-15-3-6-17(7-4-15)26(23,24)20-10-12-25-13-11-20;/h3-4,6-7,16H,1-2,5,8-14,19H2;1H. The topological polar surface area (TPSA) is 92.9 Å². The number of rotatable bonds is 6. The van der Waals surface area contributed by atoms with Crippen LogP contribution in [0.5, 0.6) is 0 Å². The number of nitrogens with two attached hydrogens (primary N) is 1. The molecule has 1 atom stereocenters. The minimum atomic E-state index is -3.47. The molecule has 2 fully saturated rings. The first-order valence-corrected chi connectivity index (χ1v) is 10.6. The summed E-state index contributed by atoms with van der Waals surface area (Å²) in [5, 5.41) is 0. The summed E-state index contributed by atoms with van der Waals surface area (Å²) in [5.74, 6) is 0.128. The molecule has 152 valence electrons. The third-order valence-corrected chi connectivity index (χ3v) is 7.04. The highest BCUT2D eigenvalue weighted by molar-refractivity contribution is 7.89. The molecule has 2 aliphatic rings. The van der Waals surface area contributed by atoms with Crippen molar-refractivity contribution in [2.24, 2.45) is 5.73 Å². The monoisotopic (exact) mass is 417 g/mol. The number of benzene rings is 1. The zero-order valence-corrected chi connectivity index (χ0v) is 17.0. The van der Waals surface area contributed by atoms with Crippen LogP contribution in [0.3, 0.4) is 0 Å². The van der Waals surface area contributed by atoms with Gasteiger partial charge in [0, 0.05) is 38.6 Å². The van der Waals surface area contributed by atoms with E-state index in [4.69, 9.17) is 10.5 Å². The molecule has 3 rings (SSSR count). The average molecular weight is 418 g/mol. The number of hydrogen-bond donors (Lipinski definition) is 1. The molecule has 7 nitrogen and oxygen atoms in total. The van der Waals surface area contributed by atoms with Gasteiger partial charge in [-0.3, -0.25) is 4.79 Å². The van der Waals surface area contributed by atoms with Crippen molar-refractivity contribution in [1.29, 1.82) is 0 Å². The number of amides is 1. The number of halogens is 1. The lowest BCUT2D eigenvalue weighted by molar-refractivity contribution is -0.131. The van der Waals surface area contributed by atoms with Crippen molar-refractivity contribution in [1.82, 2.24) is 9.21 Å². The fourth-order valence-corrected chi connectivity index (χ4v) is 4.98. The SMILES string of the molecule is Cl.NCC1CCCN1C(=O)CCc1ccc(S(=O)(=O)N2CCOCC2)cc1. The Balaban J connectivity index is 0.00000261. The maximum Gasteiger partial charge on any atom is 0.243 e. The number of hydrogen-bond acceptors (Lipinski definition) is 5. The molecule has 27 heavy (non-hydrogen) atoms. The van der Waals surface area contributed by atoms with Crippen molar-refractivity contribution in [3.05, 3.63) is 29.8 Å². The Morgan fingerprint density at radius 3 is 2.44 bits per heavy atom. The van der Waals surface area contributed by atoms with Gasteiger partial charge < -0.3 is 15.4 Å². The Bertz CT molecular complexity index is 721. The van der Waals surface area contributed by atoms with Crippen molar-refractivity contribution in [2.45, 2.75) is 36.6 Å². The molecule has 0 saturated carbocycles. The Labute approximate surface area is 167 Å². The second kappa shape index (κ2) is 9.84. The number of carbonyl (C=O) groups is 1. The van der Waals surface area contributed by atoms with E-state index >= 15 is 0 Å². The fraction of sp³-hybridized carbons (Fsp3) is 0.611. The average Bonchev–Trinajstić information content (AvgIpc) is 3.16. The predicted octanol–water partition coefficient (Wildman–Crippen LogP) is 1.01. The van der Waals surface area contributed by atoms with Gasteiger partial charge >= 0.3 is 0 Å². The second-order valence-corrected chi connectivity index (χ2v) is 8.72. The van der Waals surface area contributed by atoms with Gasteiger partial charge in [-0.25, -0.2) is 8.42 Å². The van der Waals surface area contributed by atoms with Gasteiger partial charge in [0.2, 0.25) is 15.9 Å². The van der Waals surface area contributed by atoms with E-state index in [0.717, 1.165) is 24.9 Å². The zero-order valence-electron chi connectivity index (χ0n) is 15.4. The molecule has 2 aliphatic heterocycles. The van der Waals surface area contributed by atoms with Gasteiger partial charge in [-0.05, 0) is 37.0 Å². The van der Waals surface area contributed by atoms with Crippen LogP contribution in [0.15, 0.2) is 29.2 Å². The molecule has 0 bridgehead atoms. The Kier molecular flexibility index (Phi) is 8.05. The van der Waals surface area contributed by atoms with Crippen molar-refractivity contribution < 1.29 is 17.9 Å². The fourth-order valence-electron chi connectivity index (χ4n) is 3.57. The van der Waals surface area contributed by atoms with Crippen molar-refractivity contribution in [3.63, 3.8) is 0 Å². The van der Waals surface area contributed by atoms with Gasteiger partial charge in [-0.15, -0.1) is 12.4 Å². The van der Waals surface area contributed by atoms with E-state index in [9.17, 15) is 13.2 Å². The molecule has 0 spiro atoms. The number of sulfonamides is 1. The third-order valence-electron chi connectivity index (χ3n) is 5.13. The van der Waals surface area contributed by atoms with E-state index in [-0.39, 0.29) is 29.3 Å². The second-order valence-electron chi connectivity index (χ2n) is 6.78. The van der Waals surface area contributed by atoms with Crippen LogP contribution in [0.25, 0.3) is 0 Å². The summed E-state index contributed by atoms with van der Waals surface area (Å²) in [7, 11) is -3.47. The van der Waals surface area contributed by atoms with Crippen molar-refractivity contribution in [2.75, 3.05) is 39.4 Å². The quantitative estimate of drug-likeness (QED) is 0.745. The Morgan fingerprint density at radius 2 is 1.81 bits per heavy atom. The van der Waals surface area contributed by atoms with Gasteiger partial charge in [0.05, 0.1) is 18.1 Å². The van der Waals surface area contributed by atoms with Crippen LogP contribution in [0.2, 0.25) is 0 Å². The van der Waals surface area contributed by atoms with Crippen LogP contribution in [-0.4, -0.2) is 69.0 Å². The summed E-state index contributed by atoms with van der Waals surface area (Å²) >= 11 is 0. The largest absolute Gasteiger partial charge is 0.379 e. The highest BCUT2D eigenvalue weighted by atomic mass is 35.5. The smallest absolute Gasteiger partial charge is 0.243 e. The van der Waals surface area contributed by atoms with E-state index in [0.29, 0.717) is 45.7 Å². The van der Waals surface area contributed by atoms with Crippen molar-refractivity contribution >= 4 is 28.3 Å². The van der Waals surface area contributed by atoms with E-state index in [1.807, 2.05) is 4.90 Å². The van der Waals surface area contributed by atoms with Crippen molar-refractivity contribution in [3.8, 4) is 0 Å². The first-order chi connectivity index (χ1) is 12.5. The predicted molar refractivity (Wildman–Crippen MR) is 105 cm³/mol. The number of morpholine rings is 1. The molecule has 2 N–H and O–H groups in total. The van der Waals surface area contributed by atoms with Crippen LogP contribution in [0.4, 0.5) is 0 Å². The number of likely N-dealkylation sites (tertiary alicyclic amines) is 1. The molecule has 0 aromatic heterocycles. The van der Waals surface area contributed by atoms with Crippen LogP contribution in [-0.2, 0) is 26.0 Å². The van der Waals surface area contributed by atoms with Crippen LogP contribution >= 0.6 is 12.4 Å². The third kappa shape index (κ3) is 5.20.